The first-order valence-corrected chi connectivity index (χ1v) is 10.8. The smallest absolute Gasteiger partial charge is 0.178 e. The van der Waals surface area contributed by atoms with Gasteiger partial charge in [0, 0.05) is 5.02 Å². The summed E-state index contributed by atoms with van der Waals surface area (Å²) in [4.78, 5) is 0.312. The maximum Gasteiger partial charge on any atom is 0.178 e. The molecule has 0 atom stereocenters. The van der Waals surface area contributed by atoms with E-state index in [0.29, 0.717) is 29.4 Å². The zero-order valence-corrected chi connectivity index (χ0v) is 16.4. The van der Waals surface area contributed by atoms with Crippen molar-refractivity contribution >= 4 is 21.4 Å². The van der Waals surface area contributed by atoms with Crippen LogP contribution in [0.15, 0.2) is 83.8 Å². The fourth-order valence-electron chi connectivity index (χ4n) is 2.76. The summed E-state index contributed by atoms with van der Waals surface area (Å²) < 4.78 is 30.6. The molecule has 0 aromatic heterocycles. The number of rotatable bonds is 8. The Balaban J connectivity index is 1.54. The van der Waals surface area contributed by atoms with Crippen molar-refractivity contribution in [1.82, 2.24) is 0 Å². The van der Waals surface area contributed by atoms with E-state index < -0.39 is 9.84 Å². The standard InChI is InChI=1S/C22H21ClO3S/c23-20-11-13-22(14-12-20)27(24,25)15-5-9-18-8-4-10-21(16-18)26-17-19-6-2-1-3-7-19/h1-4,6-8,10-14,16H,5,9,15,17H2. The van der Waals surface area contributed by atoms with Gasteiger partial charge in [0.1, 0.15) is 12.4 Å². The molecule has 0 aliphatic rings. The van der Waals surface area contributed by atoms with Crippen LogP contribution >= 0.6 is 11.6 Å². The third-order valence-corrected chi connectivity index (χ3v) is 6.27. The van der Waals surface area contributed by atoms with Crippen molar-refractivity contribution in [2.45, 2.75) is 24.3 Å². The topological polar surface area (TPSA) is 43.4 Å². The van der Waals surface area contributed by atoms with Gasteiger partial charge in [-0.1, -0.05) is 54.1 Å². The Kier molecular flexibility index (Phi) is 6.54. The minimum Gasteiger partial charge on any atom is -0.489 e. The molecular formula is C22H21ClO3S. The summed E-state index contributed by atoms with van der Waals surface area (Å²) in [5, 5.41) is 0.529. The molecule has 140 valence electrons. The fraction of sp³-hybridized carbons (Fsp3) is 0.182. The normalized spacial score (nSPS) is 11.3. The predicted octanol–water partition coefficient (Wildman–Crippen LogP) is 5.33. The molecule has 0 fully saturated rings. The van der Waals surface area contributed by atoms with E-state index in [1.54, 1.807) is 24.3 Å². The first-order valence-electron chi connectivity index (χ1n) is 8.77. The van der Waals surface area contributed by atoms with Gasteiger partial charge in [0.25, 0.3) is 0 Å². The third kappa shape index (κ3) is 5.84. The van der Waals surface area contributed by atoms with E-state index in [-0.39, 0.29) is 5.75 Å². The van der Waals surface area contributed by atoms with Crippen LogP contribution in [0, 0.1) is 0 Å². The van der Waals surface area contributed by atoms with Gasteiger partial charge in [-0.3, -0.25) is 0 Å². The molecule has 0 aliphatic heterocycles. The fourth-order valence-corrected chi connectivity index (χ4v) is 4.19. The molecule has 0 heterocycles. The van der Waals surface area contributed by atoms with E-state index in [2.05, 4.69) is 0 Å². The summed E-state index contributed by atoms with van der Waals surface area (Å²) >= 11 is 5.82. The molecule has 0 unspecified atom stereocenters. The Morgan fingerprint density at radius 2 is 1.52 bits per heavy atom. The van der Waals surface area contributed by atoms with Gasteiger partial charge >= 0.3 is 0 Å². The Morgan fingerprint density at radius 1 is 0.815 bits per heavy atom. The number of benzene rings is 3. The molecule has 0 aliphatic carbocycles. The molecule has 0 N–H and O–H groups in total. The number of sulfone groups is 1. The second kappa shape index (κ2) is 9.07. The minimum atomic E-state index is -3.29. The summed E-state index contributed by atoms with van der Waals surface area (Å²) in [7, 11) is -3.29. The van der Waals surface area contributed by atoms with Gasteiger partial charge in [-0.2, -0.15) is 0 Å². The minimum absolute atomic E-state index is 0.101. The Labute approximate surface area is 165 Å². The lowest BCUT2D eigenvalue weighted by molar-refractivity contribution is 0.306. The first kappa shape index (κ1) is 19.5. The van der Waals surface area contributed by atoms with E-state index in [1.165, 1.54) is 0 Å². The average Bonchev–Trinajstić information content (AvgIpc) is 2.68. The number of hydrogen-bond donors (Lipinski definition) is 0. The van der Waals surface area contributed by atoms with Gasteiger partial charge in [0.15, 0.2) is 9.84 Å². The van der Waals surface area contributed by atoms with Crippen molar-refractivity contribution in [3.05, 3.63) is 95.0 Å². The quantitative estimate of drug-likeness (QED) is 0.513. The number of aryl methyl sites for hydroxylation is 1. The highest BCUT2D eigenvalue weighted by atomic mass is 35.5. The van der Waals surface area contributed by atoms with E-state index >= 15 is 0 Å². The Hall–Kier alpha value is -2.30. The van der Waals surface area contributed by atoms with Crippen LogP contribution in [0.5, 0.6) is 5.75 Å². The molecule has 3 aromatic carbocycles. The molecule has 0 saturated heterocycles. The van der Waals surface area contributed by atoms with Crippen LogP contribution in [-0.2, 0) is 22.9 Å². The maximum absolute atomic E-state index is 12.4. The molecule has 27 heavy (non-hydrogen) atoms. The van der Waals surface area contributed by atoms with E-state index in [1.807, 2.05) is 54.6 Å². The zero-order chi connectivity index (χ0) is 19.1. The largest absolute Gasteiger partial charge is 0.489 e. The van der Waals surface area contributed by atoms with Crippen LogP contribution in [0.1, 0.15) is 17.5 Å². The lowest BCUT2D eigenvalue weighted by Crippen LogP contribution is -2.07. The molecule has 3 aromatic rings. The zero-order valence-electron chi connectivity index (χ0n) is 14.8. The molecule has 5 heteroatoms. The lowest BCUT2D eigenvalue weighted by atomic mass is 10.1. The number of halogens is 1. The van der Waals surface area contributed by atoms with Gasteiger partial charge in [-0.25, -0.2) is 8.42 Å². The van der Waals surface area contributed by atoms with E-state index in [4.69, 9.17) is 16.3 Å². The van der Waals surface area contributed by atoms with Gasteiger partial charge in [-0.05, 0) is 60.4 Å². The van der Waals surface area contributed by atoms with Crippen LogP contribution in [0.4, 0.5) is 0 Å². The van der Waals surface area contributed by atoms with Crippen LogP contribution < -0.4 is 4.74 Å². The highest BCUT2D eigenvalue weighted by Crippen LogP contribution is 2.19. The van der Waals surface area contributed by atoms with Gasteiger partial charge in [0.05, 0.1) is 10.6 Å². The van der Waals surface area contributed by atoms with Crippen molar-refractivity contribution < 1.29 is 13.2 Å². The van der Waals surface area contributed by atoms with Crippen molar-refractivity contribution in [3.8, 4) is 5.75 Å². The average molecular weight is 401 g/mol. The predicted molar refractivity (Wildman–Crippen MR) is 109 cm³/mol. The molecular weight excluding hydrogens is 380 g/mol. The van der Waals surface area contributed by atoms with Crippen molar-refractivity contribution in [2.24, 2.45) is 0 Å². The van der Waals surface area contributed by atoms with Gasteiger partial charge < -0.3 is 4.74 Å². The lowest BCUT2D eigenvalue weighted by Gasteiger charge is -2.09. The van der Waals surface area contributed by atoms with Crippen LogP contribution in [0.2, 0.25) is 5.02 Å². The molecule has 0 bridgehead atoms. The second-order valence-electron chi connectivity index (χ2n) is 6.30. The van der Waals surface area contributed by atoms with Crippen LogP contribution in [-0.4, -0.2) is 14.2 Å². The van der Waals surface area contributed by atoms with Crippen molar-refractivity contribution in [3.63, 3.8) is 0 Å². The summed E-state index contributed by atoms with van der Waals surface area (Å²) in [5.74, 6) is 0.890. The maximum atomic E-state index is 12.4. The highest BCUT2D eigenvalue weighted by molar-refractivity contribution is 7.91. The first-order chi connectivity index (χ1) is 13.0. The number of hydrogen-bond acceptors (Lipinski definition) is 3. The Morgan fingerprint density at radius 3 is 2.26 bits per heavy atom. The molecule has 0 saturated carbocycles. The van der Waals surface area contributed by atoms with Crippen molar-refractivity contribution in [2.75, 3.05) is 5.75 Å². The Bertz CT molecular complexity index is 968. The summed E-state index contributed by atoms with van der Waals surface area (Å²) in [6, 6.07) is 24.1. The summed E-state index contributed by atoms with van der Waals surface area (Å²) in [6.45, 7) is 0.509. The van der Waals surface area contributed by atoms with Crippen molar-refractivity contribution in [1.29, 1.82) is 0 Å². The summed E-state index contributed by atoms with van der Waals surface area (Å²) in [5.41, 5.74) is 2.17. The van der Waals surface area contributed by atoms with Gasteiger partial charge in [-0.15, -0.1) is 0 Å². The molecule has 3 nitrogen and oxygen atoms in total. The monoisotopic (exact) mass is 400 g/mol. The second-order valence-corrected chi connectivity index (χ2v) is 8.84. The molecule has 0 radical (unpaired) electrons. The van der Waals surface area contributed by atoms with Crippen LogP contribution in [0.3, 0.4) is 0 Å². The summed E-state index contributed by atoms with van der Waals surface area (Å²) in [6.07, 6.45) is 1.22. The van der Waals surface area contributed by atoms with E-state index in [0.717, 1.165) is 16.9 Å². The third-order valence-electron chi connectivity index (χ3n) is 4.20. The van der Waals surface area contributed by atoms with Crippen LogP contribution in [0.25, 0.3) is 0 Å². The SMILES string of the molecule is O=S(=O)(CCCc1cccc(OCc2ccccc2)c1)c1ccc(Cl)cc1. The van der Waals surface area contributed by atoms with E-state index in [9.17, 15) is 8.42 Å². The molecule has 3 rings (SSSR count). The molecule has 0 amide bonds. The molecule has 0 spiro atoms. The van der Waals surface area contributed by atoms with Gasteiger partial charge in [0.2, 0.25) is 0 Å². The number of ether oxygens (including phenoxy) is 1. The highest BCUT2D eigenvalue weighted by Gasteiger charge is 2.14.